The maximum absolute atomic E-state index is 5.59. The van der Waals surface area contributed by atoms with Gasteiger partial charge in [-0.3, -0.25) is 0 Å². The first-order chi connectivity index (χ1) is 8.29. The Morgan fingerprint density at radius 1 is 1.12 bits per heavy atom. The Morgan fingerprint density at radius 2 is 1.88 bits per heavy atom. The van der Waals surface area contributed by atoms with Crippen molar-refractivity contribution in [1.82, 2.24) is 0 Å². The van der Waals surface area contributed by atoms with Gasteiger partial charge in [0.2, 0.25) is 0 Å². The largest absolute Gasteiger partial charge is 0.330 e. The van der Waals surface area contributed by atoms with E-state index in [2.05, 4.69) is 25.1 Å². The molecule has 17 heavy (non-hydrogen) atoms. The van der Waals surface area contributed by atoms with Gasteiger partial charge in [-0.2, -0.15) is 0 Å². The third kappa shape index (κ3) is 3.57. The van der Waals surface area contributed by atoms with E-state index in [0.717, 1.165) is 18.9 Å². The summed E-state index contributed by atoms with van der Waals surface area (Å²) >= 11 is 0. The molecule has 1 atom stereocenters. The summed E-state index contributed by atoms with van der Waals surface area (Å²) in [5.74, 6) is 0.760. The van der Waals surface area contributed by atoms with Gasteiger partial charge >= 0.3 is 0 Å². The molecule has 0 saturated heterocycles. The summed E-state index contributed by atoms with van der Waals surface area (Å²) in [4.78, 5) is 0. The fraction of sp³-hybridized carbons (Fsp3) is 0.625. The van der Waals surface area contributed by atoms with Crippen molar-refractivity contribution < 1.29 is 0 Å². The lowest BCUT2D eigenvalue weighted by Gasteiger charge is -2.17. The highest BCUT2D eigenvalue weighted by atomic mass is 14.5. The second kappa shape index (κ2) is 6.20. The quantitative estimate of drug-likeness (QED) is 0.825. The van der Waals surface area contributed by atoms with Gasteiger partial charge in [0, 0.05) is 0 Å². The van der Waals surface area contributed by atoms with E-state index in [4.69, 9.17) is 5.73 Å². The molecule has 0 heterocycles. The third-order valence-electron chi connectivity index (χ3n) is 4.00. The van der Waals surface area contributed by atoms with Crippen LogP contribution in [0.4, 0.5) is 0 Å². The molecular formula is C16H25N. The van der Waals surface area contributed by atoms with Crippen molar-refractivity contribution in [3.8, 4) is 0 Å². The predicted octanol–water partition coefficient (Wildman–Crippen LogP) is 3.48. The minimum atomic E-state index is 0.760. The van der Waals surface area contributed by atoms with Crippen LogP contribution >= 0.6 is 0 Å². The van der Waals surface area contributed by atoms with Crippen LogP contribution in [0, 0.1) is 5.92 Å². The number of hydrogen-bond donors (Lipinski definition) is 1. The molecule has 94 valence electrons. The summed E-state index contributed by atoms with van der Waals surface area (Å²) in [5.41, 5.74) is 10.3. The maximum Gasteiger partial charge on any atom is -0.00747 e. The van der Waals surface area contributed by atoms with Crippen molar-refractivity contribution in [3.63, 3.8) is 0 Å². The zero-order valence-electron chi connectivity index (χ0n) is 11.0. The average molecular weight is 231 g/mol. The molecule has 0 radical (unpaired) electrons. The Bertz CT molecular complexity index is 357. The lowest BCUT2D eigenvalue weighted by Crippen LogP contribution is -2.07. The van der Waals surface area contributed by atoms with Gasteiger partial charge in [-0.05, 0) is 74.1 Å². The van der Waals surface area contributed by atoms with Crippen molar-refractivity contribution in [3.05, 3.63) is 34.9 Å². The molecular weight excluding hydrogens is 206 g/mol. The van der Waals surface area contributed by atoms with E-state index < -0.39 is 0 Å². The van der Waals surface area contributed by atoms with Crippen molar-refractivity contribution in [2.24, 2.45) is 11.7 Å². The summed E-state index contributed by atoms with van der Waals surface area (Å²) in [5, 5.41) is 0. The van der Waals surface area contributed by atoms with Crippen molar-refractivity contribution >= 4 is 0 Å². The molecule has 0 amide bonds. The van der Waals surface area contributed by atoms with Gasteiger partial charge in [0.1, 0.15) is 0 Å². The lowest BCUT2D eigenvalue weighted by atomic mass is 9.89. The zero-order chi connectivity index (χ0) is 12.1. The molecule has 1 heteroatoms. The standard InChI is InChI=1S/C16H25N/c1-13(10-11-17)6-7-14-8-9-15-4-2-3-5-16(15)12-14/h8-9,12-13H,2-7,10-11,17H2,1H3. The molecule has 0 aromatic heterocycles. The number of aryl methyl sites for hydroxylation is 3. The van der Waals surface area contributed by atoms with Crippen LogP contribution in [-0.4, -0.2) is 6.54 Å². The first-order valence-electron chi connectivity index (χ1n) is 7.10. The van der Waals surface area contributed by atoms with E-state index in [-0.39, 0.29) is 0 Å². The Morgan fingerprint density at radius 3 is 2.65 bits per heavy atom. The highest BCUT2D eigenvalue weighted by Crippen LogP contribution is 2.23. The topological polar surface area (TPSA) is 26.0 Å². The molecule has 0 fully saturated rings. The van der Waals surface area contributed by atoms with E-state index in [1.54, 1.807) is 11.1 Å². The molecule has 0 bridgehead atoms. The average Bonchev–Trinajstić information content (AvgIpc) is 2.36. The summed E-state index contributed by atoms with van der Waals surface area (Å²) in [6.45, 7) is 3.14. The van der Waals surface area contributed by atoms with Crippen LogP contribution in [0.15, 0.2) is 18.2 Å². The van der Waals surface area contributed by atoms with E-state index in [1.165, 1.54) is 44.1 Å². The van der Waals surface area contributed by atoms with Crippen LogP contribution in [0.5, 0.6) is 0 Å². The van der Waals surface area contributed by atoms with Crippen LogP contribution in [0.25, 0.3) is 0 Å². The zero-order valence-corrected chi connectivity index (χ0v) is 11.0. The van der Waals surface area contributed by atoms with Gasteiger partial charge in [0.25, 0.3) is 0 Å². The van der Waals surface area contributed by atoms with Crippen molar-refractivity contribution in [2.75, 3.05) is 6.54 Å². The first-order valence-corrected chi connectivity index (χ1v) is 7.10. The monoisotopic (exact) mass is 231 g/mol. The molecule has 2 rings (SSSR count). The molecule has 0 aliphatic heterocycles. The van der Waals surface area contributed by atoms with E-state index >= 15 is 0 Å². The number of hydrogen-bond acceptors (Lipinski definition) is 1. The molecule has 1 nitrogen and oxygen atoms in total. The molecule has 1 aliphatic rings. The Labute approximate surface area is 105 Å². The summed E-state index contributed by atoms with van der Waals surface area (Å²) in [7, 11) is 0. The van der Waals surface area contributed by atoms with Gasteiger partial charge in [-0.15, -0.1) is 0 Å². The second-order valence-corrected chi connectivity index (χ2v) is 5.53. The van der Waals surface area contributed by atoms with Crippen LogP contribution in [0.3, 0.4) is 0 Å². The SMILES string of the molecule is CC(CCN)CCc1ccc2c(c1)CCCC2. The van der Waals surface area contributed by atoms with Gasteiger partial charge in [-0.25, -0.2) is 0 Å². The number of fused-ring (bicyclic) bond motifs is 1. The molecule has 1 unspecified atom stereocenters. The Kier molecular flexibility index (Phi) is 4.61. The lowest BCUT2D eigenvalue weighted by molar-refractivity contribution is 0.499. The van der Waals surface area contributed by atoms with Crippen molar-refractivity contribution in [1.29, 1.82) is 0 Å². The van der Waals surface area contributed by atoms with E-state index in [0.29, 0.717) is 0 Å². The smallest absolute Gasteiger partial charge is 0.00747 e. The Hall–Kier alpha value is -0.820. The fourth-order valence-corrected chi connectivity index (χ4v) is 2.78. The van der Waals surface area contributed by atoms with Crippen LogP contribution in [0.1, 0.15) is 49.3 Å². The minimum absolute atomic E-state index is 0.760. The molecule has 0 spiro atoms. The van der Waals surface area contributed by atoms with E-state index in [1.807, 2.05) is 0 Å². The van der Waals surface area contributed by atoms with Gasteiger partial charge in [0.05, 0.1) is 0 Å². The number of benzene rings is 1. The maximum atomic E-state index is 5.59. The number of nitrogens with two attached hydrogens (primary N) is 1. The predicted molar refractivity (Wildman–Crippen MR) is 74.2 cm³/mol. The van der Waals surface area contributed by atoms with E-state index in [9.17, 15) is 0 Å². The summed E-state index contributed by atoms with van der Waals surface area (Å²) in [6, 6.07) is 7.14. The van der Waals surface area contributed by atoms with Crippen molar-refractivity contribution in [2.45, 2.75) is 51.9 Å². The molecule has 1 aliphatic carbocycles. The van der Waals surface area contributed by atoms with Gasteiger partial charge in [-0.1, -0.05) is 25.1 Å². The minimum Gasteiger partial charge on any atom is -0.330 e. The summed E-state index contributed by atoms with van der Waals surface area (Å²) < 4.78 is 0. The van der Waals surface area contributed by atoms with Crippen LogP contribution < -0.4 is 5.73 Å². The highest BCUT2D eigenvalue weighted by Gasteiger charge is 2.09. The first kappa shape index (κ1) is 12.6. The third-order valence-corrected chi connectivity index (χ3v) is 4.00. The van der Waals surface area contributed by atoms with Gasteiger partial charge in [0.15, 0.2) is 0 Å². The summed E-state index contributed by atoms with van der Waals surface area (Å²) in [6.07, 6.45) is 8.98. The van der Waals surface area contributed by atoms with Crippen LogP contribution in [0.2, 0.25) is 0 Å². The highest BCUT2D eigenvalue weighted by molar-refractivity contribution is 5.33. The Balaban J connectivity index is 1.93. The van der Waals surface area contributed by atoms with Gasteiger partial charge < -0.3 is 5.73 Å². The van der Waals surface area contributed by atoms with Crippen LogP contribution in [-0.2, 0) is 19.3 Å². The second-order valence-electron chi connectivity index (χ2n) is 5.53. The molecule has 2 N–H and O–H groups in total. The normalized spacial score (nSPS) is 16.6. The fourth-order valence-electron chi connectivity index (χ4n) is 2.78. The molecule has 1 aromatic carbocycles. The number of rotatable bonds is 5. The molecule has 0 saturated carbocycles. The molecule has 1 aromatic rings.